The van der Waals surface area contributed by atoms with E-state index in [9.17, 15) is 18.0 Å². The SMILES string of the molecule is CC1CN(Cc2cc3c(c(C(F)(F)F)c2)CN(C)C3=O)CC(C)O1. The van der Waals surface area contributed by atoms with Gasteiger partial charge in [-0.25, -0.2) is 0 Å². The van der Waals surface area contributed by atoms with Gasteiger partial charge in [-0.15, -0.1) is 0 Å². The molecular weight excluding hydrogens is 321 g/mol. The highest BCUT2D eigenvalue weighted by Crippen LogP contribution is 2.38. The van der Waals surface area contributed by atoms with Crippen molar-refractivity contribution in [2.45, 2.75) is 45.3 Å². The maximum atomic E-state index is 13.4. The lowest BCUT2D eigenvalue weighted by molar-refractivity contribution is -0.138. The number of benzene rings is 1. The number of ether oxygens (including phenoxy) is 1. The first-order chi connectivity index (χ1) is 11.1. The summed E-state index contributed by atoms with van der Waals surface area (Å²) < 4.78 is 45.9. The van der Waals surface area contributed by atoms with Crippen LogP contribution in [0.2, 0.25) is 0 Å². The molecule has 2 heterocycles. The zero-order valence-electron chi connectivity index (χ0n) is 14.0. The molecule has 0 aliphatic carbocycles. The summed E-state index contributed by atoms with van der Waals surface area (Å²) >= 11 is 0. The lowest BCUT2D eigenvalue weighted by Crippen LogP contribution is -2.44. The van der Waals surface area contributed by atoms with Crippen LogP contribution in [-0.4, -0.2) is 48.1 Å². The summed E-state index contributed by atoms with van der Waals surface area (Å²) in [5, 5.41) is 0. The van der Waals surface area contributed by atoms with Crippen molar-refractivity contribution >= 4 is 5.91 Å². The van der Waals surface area contributed by atoms with Crippen molar-refractivity contribution < 1.29 is 22.7 Å². The van der Waals surface area contributed by atoms with Crippen molar-refractivity contribution in [3.05, 3.63) is 34.4 Å². The standard InChI is InChI=1S/C17H21F3N2O2/c1-10-6-22(7-11(2)24-10)8-12-4-13-14(9-21(3)16(13)23)15(5-12)17(18,19)20/h4-5,10-11H,6-9H2,1-3H3. The predicted octanol–water partition coefficient (Wildman–Crippen LogP) is 2.90. The number of rotatable bonds is 2. The van der Waals surface area contributed by atoms with Crippen LogP contribution in [0.25, 0.3) is 0 Å². The Bertz CT molecular complexity index is 650. The molecule has 0 N–H and O–H groups in total. The average Bonchev–Trinajstić information content (AvgIpc) is 2.72. The van der Waals surface area contributed by atoms with Gasteiger partial charge in [0.05, 0.1) is 17.8 Å². The predicted molar refractivity (Wildman–Crippen MR) is 82.5 cm³/mol. The number of morpholine rings is 1. The van der Waals surface area contributed by atoms with Crippen molar-refractivity contribution in [1.82, 2.24) is 9.80 Å². The molecule has 7 heteroatoms. The van der Waals surface area contributed by atoms with Crippen molar-refractivity contribution in [3.8, 4) is 0 Å². The Morgan fingerprint density at radius 1 is 1.21 bits per heavy atom. The normalized spacial score (nSPS) is 25.2. The van der Waals surface area contributed by atoms with Gasteiger partial charge in [0.25, 0.3) is 5.91 Å². The van der Waals surface area contributed by atoms with E-state index in [0.717, 1.165) is 0 Å². The van der Waals surface area contributed by atoms with E-state index in [2.05, 4.69) is 4.90 Å². The monoisotopic (exact) mass is 342 g/mol. The number of amides is 1. The first-order valence-electron chi connectivity index (χ1n) is 8.01. The summed E-state index contributed by atoms with van der Waals surface area (Å²) in [6, 6.07) is 2.80. The molecule has 2 aliphatic rings. The molecule has 1 saturated heterocycles. The molecule has 0 spiro atoms. The van der Waals surface area contributed by atoms with E-state index >= 15 is 0 Å². The van der Waals surface area contributed by atoms with Crippen LogP contribution in [0.5, 0.6) is 0 Å². The summed E-state index contributed by atoms with van der Waals surface area (Å²) in [7, 11) is 1.52. The summed E-state index contributed by atoms with van der Waals surface area (Å²) in [4.78, 5) is 15.5. The van der Waals surface area contributed by atoms with Gasteiger partial charge in [-0.3, -0.25) is 9.69 Å². The van der Waals surface area contributed by atoms with Gasteiger partial charge in [-0.1, -0.05) is 0 Å². The fraction of sp³-hybridized carbons (Fsp3) is 0.588. The number of hydrogen-bond donors (Lipinski definition) is 0. The van der Waals surface area contributed by atoms with E-state index in [-0.39, 0.29) is 35.8 Å². The lowest BCUT2D eigenvalue weighted by atomic mass is 9.98. The molecule has 2 unspecified atom stereocenters. The molecule has 0 radical (unpaired) electrons. The van der Waals surface area contributed by atoms with Gasteiger partial charge in [0, 0.05) is 38.8 Å². The molecule has 0 bridgehead atoms. The van der Waals surface area contributed by atoms with Crippen molar-refractivity contribution in [1.29, 1.82) is 0 Å². The number of hydrogen-bond acceptors (Lipinski definition) is 3. The summed E-state index contributed by atoms with van der Waals surface area (Å²) in [6.07, 6.45) is -4.38. The quantitative estimate of drug-likeness (QED) is 0.829. The van der Waals surface area contributed by atoms with Crippen molar-refractivity contribution in [2.75, 3.05) is 20.1 Å². The molecule has 1 aromatic rings. The molecule has 4 nitrogen and oxygen atoms in total. The fourth-order valence-corrected chi connectivity index (χ4v) is 3.62. The molecule has 24 heavy (non-hydrogen) atoms. The molecule has 132 valence electrons. The third kappa shape index (κ3) is 3.28. The number of carbonyl (C=O) groups is 1. The molecule has 0 saturated carbocycles. The fourth-order valence-electron chi connectivity index (χ4n) is 3.62. The number of carbonyl (C=O) groups excluding carboxylic acids is 1. The van der Waals surface area contributed by atoms with Gasteiger partial charge in [0.1, 0.15) is 0 Å². The maximum Gasteiger partial charge on any atom is 0.416 e. The zero-order chi connectivity index (χ0) is 17.6. The number of fused-ring (bicyclic) bond motifs is 1. The Kier molecular flexibility index (Phi) is 4.34. The largest absolute Gasteiger partial charge is 0.416 e. The van der Waals surface area contributed by atoms with Gasteiger partial charge in [0.2, 0.25) is 0 Å². The molecule has 2 atom stereocenters. The minimum atomic E-state index is -4.46. The van der Waals surface area contributed by atoms with Crippen molar-refractivity contribution in [2.24, 2.45) is 0 Å². The van der Waals surface area contributed by atoms with E-state index < -0.39 is 11.7 Å². The Balaban J connectivity index is 1.94. The van der Waals surface area contributed by atoms with Gasteiger partial charge < -0.3 is 9.64 Å². The smallest absolute Gasteiger partial charge is 0.373 e. The first kappa shape index (κ1) is 17.2. The third-order valence-corrected chi connectivity index (χ3v) is 4.49. The number of halogens is 3. The zero-order valence-corrected chi connectivity index (χ0v) is 14.0. The van der Waals surface area contributed by atoms with E-state index in [1.165, 1.54) is 18.0 Å². The van der Waals surface area contributed by atoms with Crippen LogP contribution in [0.4, 0.5) is 13.2 Å². The van der Waals surface area contributed by atoms with Gasteiger partial charge in [0.15, 0.2) is 0 Å². The summed E-state index contributed by atoms with van der Waals surface area (Å²) in [6.45, 7) is 5.61. The molecule has 1 fully saturated rings. The lowest BCUT2D eigenvalue weighted by Gasteiger charge is -2.35. The average molecular weight is 342 g/mol. The minimum Gasteiger partial charge on any atom is -0.373 e. The second kappa shape index (κ2) is 6.04. The highest BCUT2D eigenvalue weighted by Gasteiger charge is 2.39. The molecular formula is C17H21F3N2O2. The van der Waals surface area contributed by atoms with E-state index in [4.69, 9.17) is 4.74 Å². The van der Waals surface area contributed by atoms with Crippen LogP contribution in [0.3, 0.4) is 0 Å². The van der Waals surface area contributed by atoms with E-state index in [0.29, 0.717) is 25.2 Å². The Morgan fingerprint density at radius 2 is 1.83 bits per heavy atom. The molecule has 1 amide bonds. The molecule has 0 aromatic heterocycles. The van der Waals surface area contributed by atoms with Crippen LogP contribution in [-0.2, 0) is 24.0 Å². The minimum absolute atomic E-state index is 0.00884. The second-order valence-electron chi connectivity index (χ2n) is 6.78. The highest BCUT2D eigenvalue weighted by molar-refractivity contribution is 5.98. The van der Waals surface area contributed by atoms with Crippen LogP contribution < -0.4 is 0 Å². The summed E-state index contributed by atoms with van der Waals surface area (Å²) in [5.41, 5.74) is 0.0900. The first-order valence-corrected chi connectivity index (χ1v) is 8.01. The number of nitrogens with zero attached hydrogens (tertiary/aromatic N) is 2. The van der Waals surface area contributed by atoms with E-state index in [1.54, 1.807) is 6.07 Å². The van der Waals surface area contributed by atoms with Crippen LogP contribution in [0.1, 0.15) is 40.9 Å². The van der Waals surface area contributed by atoms with Gasteiger partial charge in [-0.2, -0.15) is 13.2 Å². The third-order valence-electron chi connectivity index (χ3n) is 4.49. The second-order valence-corrected chi connectivity index (χ2v) is 6.78. The number of alkyl halides is 3. The Hall–Kier alpha value is -1.60. The Labute approximate surface area is 139 Å². The molecule has 3 rings (SSSR count). The van der Waals surface area contributed by atoms with Gasteiger partial charge in [-0.05, 0) is 37.1 Å². The van der Waals surface area contributed by atoms with Crippen LogP contribution in [0, 0.1) is 0 Å². The maximum absolute atomic E-state index is 13.4. The van der Waals surface area contributed by atoms with Crippen LogP contribution in [0.15, 0.2) is 12.1 Å². The van der Waals surface area contributed by atoms with E-state index in [1.807, 2.05) is 13.8 Å². The molecule has 2 aliphatic heterocycles. The topological polar surface area (TPSA) is 32.8 Å². The molecule has 1 aromatic carbocycles. The highest BCUT2D eigenvalue weighted by atomic mass is 19.4. The van der Waals surface area contributed by atoms with Crippen LogP contribution >= 0.6 is 0 Å². The Morgan fingerprint density at radius 3 is 2.42 bits per heavy atom. The van der Waals surface area contributed by atoms with Gasteiger partial charge >= 0.3 is 6.18 Å². The summed E-state index contributed by atoms with van der Waals surface area (Å²) in [5.74, 6) is -0.346. The van der Waals surface area contributed by atoms with Crippen molar-refractivity contribution in [3.63, 3.8) is 0 Å².